The van der Waals surface area contributed by atoms with E-state index in [1.54, 1.807) is 32.0 Å². The summed E-state index contributed by atoms with van der Waals surface area (Å²) in [4.78, 5) is 37.8. The van der Waals surface area contributed by atoms with E-state index in [0.717, 1.165) is 0 Å². The van der Waals surface area contributed by atoms with E-state index < -0.39 is 35.4 Å². The van der Waals surface area contributed by atoms with Crippen LogP contribution in [-0.4, -0.2) is 23.6 Å². The zero-order chi connectivity index (χ0) is 24.8. The van der Waals surface area contributed by atoms with Crippen LogP contribution in [0.25, 0.3) is 11.0 Å². The molecule has 1 aliphatic heterocycles. The molecule has 7 nitrogen and oxygen atoms in total. The predicted molar refractivity (Wildman–Crippen MR) is 124 cm³/mol. The number of fused-ring (bicyclic) bond motifs is 3. The van der Waals surface area contributed by atoms with Crippen molar-refractivity contribution in [2.45, 2.75) is 86.0 Å². The fraction of sp³-hybridized carbons (Fsp3) is 0.577. The molecule has 2 atom stereocenters. The highest BCUT2D eigenvalue weighted by atomic mass is 16.6. The van der Waals surface area contributed by atoms with Crippen LogP contribution in [0.5, 0.6) is 5.75 Å². The Labute approximate surface area is 194 Å². The highest BCUT2D eigenvalue weighted by molar-refractivity contribution is 5.84. The summed E-state index contributed by atoms with van der Waals surface area (Å²) < 4.78 is 23.6. The number of carbonyl (C=O) groups is 2. The third kappa shape index (κ3) is 5.95. The molecular formula is C26H34O7. The van der Waals surface area contributed by atoms with Crippen molar-refractivity contribution in [3.05, 3.63) is 40.2 Å². The third-order valence-corrected chi connectivity index (χ3v) is 5.27. The van der Waals surface area contributed by atoms with Gasteiger partial charge in [0.15, 0.2) is 12.2 Å². The Hall–Kier alpha value is -2.83. The number of esters is 2. The van der Waals surface area contributed by atoms with Crippen LogP contribution in [-0.2, 0) is 19.1 Å². The standard InChI is InChI=1S/C26H34O7/c1-24(2,3)13-18(28)31-22-20-16(11-9-15-10-12-17(27)30-21(15)20)33-26(7,8)23(22)32-19(29)14-25(4,5)6/h9-12,22-23H,13-14H2,1-8H3/t22-,23-/m1/s1. The second-order valence-electron chi connectivity index (χ2n) is 11.7. The minimum absolute atomic E-state index is 0.164. The number of hydrogen-bond donors (Lipinski definition) is 0. The number of rotatable bonds is 4. The molecule has 1 aliphatic rings. The molecule has 2 aromatic rings. The Kier molecular flexibility index (Phi) is 6.39. The van der Waals surface area contributed by atoms with Crippen LogP contribution >= 0.6 is 0 Å². The third-order valence-electron chi connectivity index (χ3n) is 5.27. The van der Waals surface area contributed by atoms with Gasteiger partial charge in [0, 0.05) is 11.5 Å². The van der Waals surface area contributed by atoms with Gasteiger partial charge < -0.3 is 18.6 Å². The average Bonchev–Trinajstić information content (AvgIpc) is 2.60. The van der Waals surface area contributed by atoms with Gasteiger partial charge in [-0.3, -0.25) is 9.59 Å². The van der Waals surface area contributed by atoms with Gasteiger partial charge in [0.05, 0.1) is 18.4 Å². The minimum atomic E-state index is -1.00. The lowest BCUT2D eigenvalue weighted by molar-refractivity contribution is -0.192. The monoisotopic (exact) mass is 458 g/mol. The van der Waals surface area contributed by atoms with E-state index in [9.17, 15) is 14.4 Å². The van der Waals surface area contributed by atoms with Gasteiger partial charge in [-0.25, -0.2) is 4.79 Å². The molecule has 0 N–H and O–H groups in total. The maximum Gasteiger partial charge on any atom is 0.336 e. The number of hydrogen-bond acceptors (Lipinski definition) is 7. The lowest BCUT2D eigenvalue weighted by Crippen LogP contribution is -2.52. The van der Waals surface area contributed by atoms with Gasteiger partial charge in [-0.15, -0.1) is 0 Å². The van der Waals surface area contributed by atoms with Crippen molar-refractivity contribution >= 4 is 22.9 Å². The summed E-state index contributed by atoms with van der Waals surface area (Å²) >= 11 is 0. The molecule has 180 valence electrons. The highest BCUT2D eigenvalue weighted by Gasteiger charge is 2.50. The largest absolute Gasteiger partial charge is 0.483 e. The minimum Gasteiger partial charge on any atom is -0.483 e. The van der Waals surface area contributed by atoms with Gasteiger partial charge in [-0.1, -0.05) is 41.5 Å². The molecule has 0 spiro atoms. The maximum atomic E-state index is 12.9. The first kappa shape index (κ1) is 24.8. The highest BCUT2D eigenvalue weighted by Crippen LogP contribution is 2.47. The van der Waals surface area contributed by atoms with Gasteiger partial charge in [-0.05, 0) is 42.9 Å². The first-order chi connectivity index (χ1) is 15.1. The van der Waals surface area contributed by atoms with Crippen molar-refractivity contribution in [2.24, 2.45) is 10.8 Å². The summed E-state index contributed by atoms with van der Waals surface area (Å²) in [6.07, 6.45) is -1.60. The normalized spacial score (nSPS) is 20.0. The Balaban J connectivity index is 2.13. The zero-order valence-electron chi connectivity index (χ0n) is 20.7. The van der Waals surface area contributed by atoms with Crippen molar-refractivity contribution in [2.75, 3.05) is 0 Å². The molecule has 33 heavy (non-hydrogen) atoms. The number of carbonyl (C=O) groups excluding carboxylic acids is 2. The fourth-order valence-corrected chi connectivity index (χ4v) is 3.91. The summed E-state index contributed by atoms with van der Waals surface area (Å²) in [5.74, 6) is -0.451. The van der Waals surface area contributed by atoms with Crippen molar-refractivity contribution in [3.8, 4) is 5.75 Å². The summed E-state index contributed by atoms with van der Waals surface area (Å²) in [5, 5.41) is 0.647. The second-order valence-corrected chi connectivity index (χ2v) is 11.7. The first-order valence-electron chi connectivity index (χ1n) is 11.2. The molecule has 0 radical (unpaired) electrons. The summed E-state index contributed by atoms with van der Waals surface area (Å²) in [5.41, 5.74) is -1.49. The van der Waals surface area contributed by atoms with E-state index in [-0.39, 0.29) is 29.3 Å². The Morgan fingerprint density at radius 2 is 1.45 bits per heavy atom. The predicted octanol–water partition coefficient (Wildman–Crippen LogP) is 5.33. The molecule has 0 saturated heterocycles. The fourth-order valence-electron chi connectivity index (χ4n) is 3.91. The lowest BCUT2D eigenvalue weighted by Gasteiger charge is -2.43. The van der Waals surface area contributed by atoms with Crippen LogP contribution < -0.4 is 10.4 Å². The molecule has 0 aliphatic carbocycles. The van der Waals surface area contributed by atoms with E-state index in [1.807, 2.05) is 41.5 Å². The molecule has 1 aromatic heterocycles. The number of benzene rings is 1. The topological polar surface area (TPSA) is 92.0 Å². The van der Waals surface area contributed by atoms with E-state index >= 15 is 0 Å². The van der Waals surface area contributed by atoms with Crippen LogP contribution in [0.15, 0.2) is 33.5 Å². The van der Waals surface area contributed by atoms with Gasteiger partial charge in [0.25, 0.3) is 0 Å². The van der Waals surface area contributed by atoms with Crippen molar-refractivity contribution in [1.82, 2.24) is 0 Å². The molecule has 2 heterocycles. The lowest BCUT2D eigenvalue weighted by atomic mass is 9.86. The molecule has 0 bridgehead atoms. The summed E-state index contributed by atoms with van der Waals surface area (Å²) in [6, 6.07) is 6.48. The van der Waals surface area contributed by atoms with Crippen LogP contribution in [0.1, 0.15) is 79.9 Å². The maximum absolute atomic E-state index is 12.9. The molecule has 3 rings (SSSR count). The molecule has 0 saturated carbocycles. The quantitative estimate of drug-likeness (QED) is 0.451. The van der Waals surface area contributed by atoms with Crippen LogP contribution in [0, 0.1) is 10.8 Å². The van der Waals surface area contributed by atoms with Crippen LogP contribution in [0.2, 0.25) is 0 Å². The molecule has 0 fully saturated rings. The Morgan fingerprint density at radius 1 is 0.909 bits per heavy atom. The van der Waals surface area contributed by atoms with Gasteiger partial charge >= 0.3 is 17.6 Å². The van der Waals surface area contributed by atoms with E-state index in [0.29, 0.717) is 16.7 Å². The van der Waals surface area contributed by atoms with Crippen molar-refractivity contribution < 1.29 is 28.2 Å². The zero-order valence-corrected chi connectivity index (χ0v) is 20.7. The summed E-state index contributed by atoms with van der Waals surface area (Å²) in [6.45, 7) is 15.2. The van der Waals surface area contributed by atoms with E-state index in [1.165, 1.54) is 6.07 Å². The van der Waals surface area contributed by atoms with Gasteiger partial charge in [0.2, 0.25) is 0 Å². The molecule has 0 amide bonds. The van der Waals surface area contributed by atoms with Gasteiger partial charge in [0.1, 0.15) is 16.9 Å². The van der Waals surface area contributed by atoms with Crippen molar-refractivity contribution in [1.29, 1.82) is 0 Å². The molecular weight excluding hydrogens is 424 g/mol. The van der Waals surface area contributed by atoms with Crippen LogP contribution in [0.4, 0.5) is 0 Å². The Morgan fingerprint density at radius 3 is 2.03 bits per heavy atom. The summed E-state index contributed by atoms with van der Waals surface area (Å²) in [7, 11) is 0. The van der Waals surface area contributed by atoms with Crippen molar-refractivity contribution in [3.63, 3.8) is 0 Å². The molecule has 1 aromatic carbocycles. The smallest absolute Gasteiger partial charge is 0.336 e. The molecule has 7 heteroatoms. The Bertz CT molecular complexity index is 1110. The van der Waals surface area contributed by atoms with E-state index in [4.69, 9.17) is 18.6 Å². The van der Waals surface area contributed by atoms with Crippen LogP contribution in [0.3, 0.4) is 0 Å². The molecule has 0 unspecified atom stereocenters. The second kappa shape index (κ2) is 8.50. The first-order valence-corrected chi connectivity index (χ1v) is 11.2. The average molecular weight is 459 g/mol. The SMILES string of the molecule is CC(C)(C)CC(=O)O[C@@H]1c2c(ccc3ccc(=O)oc23)OC(C)(C)[C@@H]1OC(=O)CC(C)(C)C. The van der Waals surface area contributed by atoms with E-state index in [2.05, 4.69) is 0 Å². The van der Waals surface area contributed by atoms with Gasteiger partial charge in [-0.2, -0.15) is 0 Å². The number of ether oxygens (including phenoxy) is 3.